The van der Waals surface area contributed by atoms with Gasteiger partial charge in [-0.05, 0) is 38.0 Å². The van der Waals surface area contributed by atoms with E-state index in [0.717, 1.165) is 5.56 Å². The van der Waals surface area contributed by atoms with Crippen LogP contribution in [0.1, 0.15) is 19.4 Å². The van der Waals surface area contributed by atoms with Crippen LogP contribution in [0.4, 0.5) is 0 Å². The van der Waals surface area contributed by atoms with Crippen molar-refractivity contribution in [3.05, 3.63) is 47.5 Å². The van der Waals surface area contributed by atoms with Crippen LogP contribution in [0, 0.1) is 5.41 Å². The van der Waals surface area contributed by atoms with E-state index in [-0.39, 0.29) is 5.97 Å². The Morgan fingerprint density at radius 1 is 1.47 bits per heavy atom. The van der Waals surface area contributed by atoms with E-state index in [1.165, 1.54) is 0 Å². The molecule has 92 valence electrons. The molecular formula is C14H17ClO2. The predicted molar refractivity (Wildman–Crippen MR) is 70.1 cm³/mol. The van der Waals surface area contributed by atoms with Crippen molar-refractivity contribution in [3.63, 3.8) is 0 Å². The molecule has 0 aliphatic carbocycles. The van der Waals surface area contributed by atoms with Crippen LogP contribution in [0.2, 0.25) is 5.02 Å². The summed E-state index contributed by atoms with van der Waals surface area (Å²) in [7, 11) is 0. The normalized spacial score (nSPS) is 13.8. The van der Waals surface area contributed by atoms with Crippen molar-refractivity contribution < 1.29 is 9.53 Å². The van der Waals surface area contributed by atoms with Gasteiger partial charge in [0.25, 0.3) is 0 Å². The summed E-state index contributed by atoms with van der Waals surface area (Å²) in [4.78, 5) is 11.8. The van der Waals surface area contributed by atoms with E-state index in [2.05, 4.69) is 6.58 Å². The van der Waals surface area contributed by atoms with E-state index in [1.54, 1.807) is 13.0 Å². The second-order valence-corrected chi connectivity index (χ2v) is 4.58. The first-order valence-electron chi connectivity index (χ1n) is 5.57. The highest BCUT2D eigenvalue weighted by Crippen LogP contribution is 2.26. The summed E-state index contributed by atoms with van der Waals surface area (Å²) >= 11 is 5.82. The van der Waals surface area contributed by atoms with E-state index >= 15 is 0 Å². The number of benzene rings is 1. The summed E-state index contributed by atoms with van der Waals surface area (Å²) in [6.45, 7) is 7.72. The fraction of sp³-hybridized carbons (Fsp3) is 0.357. The second kappa shape index (κ2) is 5.87. The molecule has 0 amide bonds. The molecule has 17 heavy (non-hydrogen) atoms. The Morgan fingerprint density at radius 3 is 2.53 bits per heavy atom. The number of carbonyl (C=O) groups excluding carboxylic acids is 1. The van der Waals surface area contributed by atoms with Crippen molar-refractivity contribution in [3.8, 4) is 0 Å². The van der Waals surface area contributed by atoms with E-state index < -0.39 is 5.41 Å². The number of carbonyl (C=O) groups is 1. The van der Waals surface area contributed by atoms with Crippen molar-refractivity contribution in [2.24, 2.45) is 5.41 Å². The molecule has 0 bridgehead atoms. The molecule has 0 radical (unpaired) electrons. The number of halogens is 1. The Balaban J connectivity index is 2.85. The molecule has 0 saturated heterocycles. The summed E-state index contributed by atoms with van der Waals surface area (Å²) in [5.74, 6) is -0.245. The molecule has 1 atom stereocenters. The molecule has 3 heteroatoms. The largest absolute Gasteiger partial charge is 0.465 e. The van der Waals surface area contributed by atoms with Gasteiger partial charge < -0.3 is 4.74 Å². The summed E-state index contributed by atoms with van der Waals surface area (Å²) in [6, 6.07) is 7.43. The predicted octanol–water partition coefficient (Wildman–Crippen LogP) is 3.64. The summed E-state index contributed by atoms with van der Waals surface area (Å²) < 4.78 is 5.06. The Labute approximate surface area is 107 Å². The Bertz CT molecular complexity index is 397. The number of rotatable bonds is 5. The lowest BCUT2D eigenvalue weighted by atomic mass is 9.84. The highest BCUT2D eigenvalue weighted by molar-refractivity contribution is 6.30. The Kier molecular flexibility index (Phi) is 4.76. The Hall–Kier alpha value is -1.28. The first-order chi connectivity index (χ1) is 8.01. The minimum atomic E-state index is -0.691. The molecule has 0 aromatic heterocycles. The third-order valence-corrected chi connectivity index (χ3v) is 2.93. The van der Waals surface area contributed by atoms with Crippen LogP contribution in [-0.2, 0) is 16.0 Å². The number of hydrogen-bond donors (Lipinski definition) is 0. The first-order valence-corrected chi connectivity index (χ1v) is 5.95. The lowest BCUT2D eigenvalue weighted by molar-refractivity contribution is -0.151. The van der Waals surface area contributed by atoms with Crippen LogP contribution in [0.3, 0.4) is 0 Å². The molecule has 1 aromatic rings. The fourth-order valence-electron chi connectivity index (χ4n) is 1.55. The molecule has 0 spiro atoms. The molecule has 1 unspecified atom stereocenters. The van der Waals surface area contributed by atoms with Crippen molar-refractivity contribution in [2.45, 2.75) is 20.3 Å². The third-order valence-electron chi connectivity index (χ3n) is 2.68. The van der Waals surface area contributed by atoms with Gasteiger partial charge in [0, 0.05) is 5.02 Å². The van der Waals surface area contributed by atoms with Gasteiger partial charge >= 0.3 is 5.97 Å². The monoisotopic (exact) mass is 252 g/mol. The smallest absolute Gasteiger partial charge is 0.315 e. The van der Waals surface area contributed by atoms with Crippen LogP contribution < -0.4 is 0 Å². The zero-order valence-corrected chi connectivity index (χ0v) is 11.0. The van der Waals surface area contributed by atoms with E-state index in [4.69, 9.17) is 16.3 Å². The van der Waals surface area contributed by atoms with Crippen molar-refractivity contribution in [1.29, 1.82) is 0 Å². The lowest BCUT2D eigenvalue weighted by Crippen LogP contribution is -2.30. The highest BCUT2D eigenvalue weighted by Gasteiger charge is 2.31. The third kappa shape index (κ3) is 3.60. The van der Waals surface area contributed by atoms with Crippen LogP contribution >= 0.6 is 11.6 Å². The van der Waals surface area contributed by atoms with E-state index in [1.807, 2.05) is 31.2 Å². The maximum Gasteiger partial charge on any atom is 0.315 e. The number of hydrogen-bond acceptors (Lipinski definition) is 2. The second-order valence-electron chi connectivity index (χ2n) is 4.15. The SMILES string of the molecule is C=CC(C)(Cc1ccc(Cl)cc1)C(=O)OCC. The lowest BCUT2D eigenvalue weighted by Gasteiger charge is -2.23. The summed E-state index contributed by atoms with van der Waals surface area (Å²) in [5.41, 5.74) is 0.342. The molecule has 0 heterocycles. The molecular weight excluding hydrogens is 236 g/mol. The fourth-order valence-corrected chi connectivity index (χ4v) is 1.68. The van der Waals surface area contributed by atoms with Crippen LogP contribution in [0.25, 0.3) is 0 Å². The van der Waals surface area contributed by atoms with Crippen molar-refractivity contribution in [2.75, 3.05) is 6.61 Å². The van der Waals surface area contributed by atoms with Gasteiger partial charge in [-0.25, -0.2) is 0 Å². The molecule has 1 aromatic carbocycles. The highest BCUT2D eigenvalue weighted by atomic mass is 35.5. The molecule has 1 rings (SSSR count). The average Bonchev–Trinajstić information content (AvgIpc) is 2.32. The molecule has 0 fully saturated rings. The van der Waals surface area contributed by atoms with Gasteiger partial charge in [0.05, 0.1) is 12.0 Å². The summed E-state index contributed by atoms with van der Waals surface area (Å²) in [6.07, 6.45) is 2.20. The van der Waals surface area contributed by atoms with Crippen LogP contribution in [0.15, 0.2) is 36.9 Å². The minimum Gasteiger partial charge on any atom is -0.465 e. The van der Waals surface area contributed by atoms with Gasteiger partial charge in [-0.1, -0.05) is 29.8 Å². The standard InChI is InChI=1S/C14H17ClO2/c1-4-14(3,13(16)17-5-2)10-11-6-8-12(15)9-7-11/h4,6-9H,1,5,10H2,2-3H3. The average molecular weight is 253 g/mol. The van der Waals surface area contributed by atoms with Gasteiger partial charge in [-0.2, -0.15) is 0 Å². The van der Waals surface area contributed by atoms with Gasteiger partial charge in [-0.15, -0.1) is 6.58 Å². The van der Waals surface area contributed by atoms with E-state index in [9.17, 15) is 4.79 Å². The Morgan fingerprint density at radius 2 is 2.06 bits per heavy atom. The molecule has 0 saturated carbocycles. The van der Waals surface area contributed by atoms with Crippen LogP contribution in [0.5, 0.6) is 0 Å². The number of esters is 1. The van der Waals surface area contributed by atoms with E-state index in [0.29, 0.717) is 18.1 Å². The van der Waals surface area contributed by atoms with Crippen LogP contribution in [-0.4, -0.2) is 12.6 Å². The van der Waals surface area contributed by atoms with Gasteiger partial charge in [-0.3, -0.25) is 4.79 Å². The maximum atomic E-state index is 11.8. The van der Waals surface area contributed by atoms with Gasteiger partial charge in [0.1, 0.15) is 0 Å². The van der Waals surface area contributed by atoms with Gasteiger partial charge in [0.15, 0.2) is 0 Å². The summed E-state index contributed by atoms with van der Waals surface area (Å²) in [5, 5.41) is 0.685. The topological polar surface area (TPSA) is 26.3 Å². The minimum absolute atomic E-state index is 0.245. The molecule has 0 aliphatic rings. The van der Waals surface area contributed by atoms with Crippen molar-refractivity contribution >= 4 is 17.6 Å². The maximum absolute atomic E-state index is 11.8. The zero-order chi connectivity index (χ0) is 12.9. The van der Waals surface area contributed by atoms with Crippen molar-refractivity contribution in [1.82, 2.24) is 0 Å². The van der Waals surface area contributed by atoms with Gasteiger partial charge in [0.2, 0.25) is 0 Å². The first kappa shape index (κ1) is 13.8. The molecule has 0 N–H and O–H groups in total. The quantitative estimate of drug-likeness (QED) is 0.591. The number of ether oxygens (including phenoxy) is 1. The zero-order valence-electron chi connectivity index (χ0n) is 10.2. The molecule has 0 aliphatic heterocycles. The molecule has 2 nitrogen and oxygen atoms in total.